The van der Waals surface area contributed by atoms with Gasteiger partial charge in [0.25, 0.3) is 0 Å². The van der Waals surface area contributed by atoms with Crippen molar-refractivity contribution in [2.24, 2.45) is 0 Å². The Morgan fingerprint density at radius 1 is 1.10 bits per heavy atom. The number of nitrogens with one attached hydrogen (secondary N) is 2. The van der Waals surface area contributed by atoms with Crippen LogP contribution in [0.3, 0.4) is 0 Å². The standard InChI is InChI=1S/C22H23N3O2S2/c1-2-3-12-19(26)24-17-10-7-11-18(15-17)29-20(16-8-5-4-6-9-16)21(27)25-22-23-13-14-28-22/h4-11,13-15,20H,2-3,12H2,1H3,(H,24,26)(H,23,25,27). The fourth-order valence-electron chi connectivity index (χ4n) is 2.70. The third-order valence-electron chi connectivity index (χ3n) is 4.13. The third-order valence-corrected chi connectivity index (χ3v) is 6.07. The molecule has 29 heavy (non-hydrogen) atoms. The number of rotatable bonds is 9. The molecule has 2 amide bonds. The summed E-state index contributed by atoms with van der Waals surface area (Å²) in [6.45, 7) is 2.06. The first-order valence-electron chi connectivity index (χ1n) is 9.47. The highest BCUT2D eigenvalue weighted by Crippen LogP contribution is 2.37. The van der Waals surface area contributed by atoms with E-state index in [1.54, 1.807) is 6.20 Å². The molecule has 0 aliphatic carbocycles. The van der Waals surface area contributed by atoms with Gasteiger partial charge < -0.3 is 10.6 Å². The molecule has 5 nitrogen and oxygen atoms in total. The van der Waals surface area contributed by atoms with Gasteiger partial charge >= 0.3 is 0 Å². The number of anilines is 2. The van der Waals surface area contributed by atoms with Crippen LogP contribution in [0.5, 0.6) is 0 Å². The molecule has 2 N–H and O–H groups in total. The largest absolute Gasteiger partial charge is 0.326 e. The average Bonchev–Trinajstić information content (AvgIpc) is 3.24. The Kier molecular flexibility index (Phi) is 7.84. The van der Waals surface area contributed by atoms with Gasteiger partial charge in [-0.05, 0) is 30.2 Å². The van der Waals surface area contributed by atoms with E-state index in [4.69, 9.17) is 0 Å². The number of hydrogen-bond donors (Lipinski definition) is 2. The molecule has 0 spiro atoms. The molecule has 1 unspecified atom stereocenters. The van der Waals surface area contributed by atoms with Gasteiger partial charge in [0, 0.05) is 28.6 Å². The van der Waals surface area contributed by atoms with E-state index in [0.717, 1.165) is 29.0 Å². The van der Waals surface area contributed by atoms with E-state index >= 15 is 0 Å². The molecule has 1 aromatic heterocycles. The van der Waals surface area contributed by atoms with Gasteiger partial charge in [0.05, 0.1) is 0 Å². The molecule has 0 saturated carbocycles. The van der Waals surface area contributed by atoms with Crippen LogP contribution in [-0.4, -0.2) is 16.8 Å². The number of unbranched alkanes of at least 4 members (excludes halogenated alkanes) is 1. The molecule has 0 saturated heterocycles. The fraction of sp³-hybridized carbons (Fsp3) is 0.227. The molecule has 1 atom stereocenters. The predicted octanol–water partition coefficient (Wildman–Crippen LogP) is 5.74. The summed E-state index contributed by atoms with van der Waals surface area (Å²) in [4.78, 5) is 30.0. The van der Waals surface area contributed by atoms with E-state index in [1.807, 2.05) is 60.0 Å². The highest BCUT2D eigenvalue weighted by atomic mass is 32.2. The van der Waals surface area contributed by atoms with Crippen LogP contribution in [0.15, 0.2) is 71.1 Å². The minimum absolute atomic E-state index is 0.00937. The molecule has 3 rings (SSSR count). The molecule has 1 heterocycles. The maximum absolute atomic E-state index is 13.0. The third kappa shape index (κ3) is 6.44. The lowest BCUT2D eigenvalue weighted by molar-refractivity contribution is -0.116. The molecular weight excluding hydrogens is 402 g/mol. The number of carbonyl (C=O) groups is 2. The first-order chi connectivity index (χ1) is 14.2. The van der Waals surface area contributed by atoms with Crippen LogP contribution < -0.4 is 10.6 Å². The van der Waals surface area contributed by atoms with Crippen LogP contribution in [0.25, 0.3) is 0 Å². The number of benzene rings is 2. The van der Waals surface area contributed by atoms with Crippen molar-refractivity contribution >= 4 is 45.7 Å². The summed E-state index contributed by atoms with van der Waals surface area (Å²) in [5.41, 5.74) is 1.65. The van der Waals surface area contributed by atoms with E-state index in [-0.39, 0.29) is 11.8 Å². The Morgan fingerprint density at radius 2 is 1.93 bits per heavy atom. The summed E-state index contributed by atoms with van der Waals surface area (Å²) in [5.74, 6) is -0.122. The van der Waals surface area contributed by atoms with E-state index in [1.165, 1.54) is 23.1 Å². The summed E-state index contributed by atoms with van der Waals surface area (Å²) >= 11 is 2.83. The van der Waals surface area contributed by atoms with Crippen molar-refractivity contribution in [2.75, 3.05) is 10.6 Å². The van der Waals surface area contributed by atoms with Crippen LogP contribution in [0.2, 0.25) is 0 Å². The molecule has 0 bridgehead atoms. The Balaban J connectivity index is 1.76. The molecule has 2 aromatic carbocycles. The Morgan fingerprint density at radius 3 is 2.66 bits per heavy atom. The minimum atomic E-state index is -0.439. The number of thiazole rings is 1. The number of nitrogens with zero attached hydrogens (tertiary/aromatic N) is 1. The van der Waals surface area contributed by atoms with Crippen molar-refractivity contribution in [3.05, 3.63) is 71.7 Å². The fourth-order valence-corrected chi connectivity index (χ4v) is 4.32. The Labute approximate surface area is 179 Å². The van der Waals surface area contributed by atoms with Gasteiger partial charge in [-0.1, -0.05) is 49.7 Å². The lowest BCUT2D eigenvalue weighted by Crippen LogP contribution is -2.19. The first-order valence-corrected chi connectivity index (χ1v) is 11.2. The first kappa shape index (κ1) is 21.1. The molecule has 0 radical (unpaired) electrons. The zero-order valence-corrected chi connectivity index (χ0v) is 17.8. The summed E-state index contributed by atoms with van der Waals surface area (Å²) in [6, 6.07) is 17.2. The van der Waals surface area contributed by atoms with Crippen LogP contribution in [-0.2, 0) is 9.59 Å². The molecular formula is C22H23N3O2S2. The van der Waals surface area contributed by atoms with Gasteiger partial charge in [0.2, 0.25) is 11.8 Å². The van der Waals surface area contributed by atoms with Crippen LogP contribution >= 0.6 is 23.1 Å². The number of thioether (sulfide) groups is 1. The highest BCUT2D eigenvalue weighted by molar-refractivity contribution is 8.00. The molecule has 7 heteroatoms. The zero-order chi connectivity index (χ0) is 20.5. The van der Waals surface area contributed by atoms with E-state index in [0.29, 0.717) is 11.6 Å². The van der Waals surface area contributed by atoms with Crippen molar-refractivity contribution in [3.63, 3.8) is 0 Å². The van der Waals surface area contributed by atoms with E-state index in [2.05, 4.69) is 22.5 Å². The molecule has 0 aliphatic rings. The number of amides is 2. The van der Waals surface area contributed by atoms with Gasteiger partial charge in [-0.2, -0.15) is 0 Å². The molecule has 0 aliphatic heterocycles. The minimum Gasteiger partial charge on any atom is -0.326 e. The van der Waals surface area contributed by atoms with Gasteiger partial charge in [-0.3, -0.25) is 9.59 Å². The Hall–Kier alpha value is -2.64. The zero-order valence-electron chi connectivity index (χ0n) is 16.1. The van der Waals surface area contributed by atoms with E-state index < -0.39 is 5.25 Å². The summed E-state index contributed by atoms with van der Waals surface area (Å²) in [7, 11) is 0. The topological polar surface area (TPSA) is 71.1 Å². The number of hydrogen-bond acceptors (Lipinski definition) is 5. The number of carbonyl (C=O) groups excluding carboxylic acids is 2. The number of aromatic nitrogens is 1. The van der Waals surface area contributed by atoms with Gasteiger partial charge in [-0.25, -0.2) is 4.98 Å². The van der Waals surface area contributed by atoms with Crippen molar-refractivity contribution < 1.29 is 9.59 Å². The Bertz CT molecular complexity index is 930. The maximum atomic E-state index is 13.0. The second-order valence-corrected chi connectivity index (χ2v) is 8.49. The summed E-state index contributed by atoms with van der Waals surface area (Å²) in [6.07, 6.45) is 4.02. The molecule has 3 aromatic rings. The van der Waals surface area contributed by atoms with Crippen LogP contribution in [0.1, 0.15) is 37.0 Å². The van der Waals surface area contributed by atoms with Gasteiger partial charge in [0.1, 0.15) is 5.25 Å². The van der Waals surface area contributed by atoms with Crippen molar-refractivity contribution in [1.29, 1.82) is 0 Å². The molecule has 150 valence electrons. The maximum Gasteiger partial charge on any atom is 0.244 e. The van der Waals surface area contributed by atoms with Crippen molar-refractivity contribution in [1.82, 2.24) is 4.98 Å². The summed E-state index contributed by atoms with van der Waals surface area (Å²) < 4.78 is 0. The van der Waals surface area contributed by atoms with Crippen LogP contribution in [0, 0.1) is 0 Å². The lowest BCUT2D eigenvalue weighted by Gasteiger charge is -2.17. The van der Waals surface area contributed by atoms with E-state index in [9.17, 15) is 9.59 Å². The molecule has 0 fully saturated rings. The predicted molar refractivity (Wildman–Crippen MR) is 120 cm³/mol. The van der Waals surface area contributed by atoms with Crippen molar-refractivity contribution in [2.45, 2.75) is 36.3 Å². The second-order valence-electron chi connectivity index (χ2n) is 6.41. The SMILES string of the molecule is CCCCC(=O)Nc1cccc(SC(C(=O)Nc2nccs2)c2ccccc2)c1. The van der Waals surface area contributed by atoms with Gasteiger partial charge in [-0.15, -0.1) is 23.1 Å². The summed E-state index contributed by atoms with van der Waals surface area (Å²) in [5, 5.41) is 7.79. The smallest absolute Gasteiger partial charge is 0.244 e. The average molecular weight is 426 g/mol. The quantitative estimate of drug-likeness (QED) is 0.429. The monoisotopic (exact) mass is 425 g/mol. The van der Waals surface area contributed by atoms with Gasteiger partial charge in [0.15, 0.2) is 5.13 Å². The van der Waals surface area contributed by atoms with Crippen LogP contribution in [0.4, 0.5) is 10.8 Å². The van der Waals surface area contributed by atoms with Crippen molar-refractivity contribution in [3.8, 4) is 0 Å². The lowest BCUT2D eigenvalue weighted by atomic mass is 10.1. The second kappa shape index (κ2) is 10.8. The highest BCUT2D eigenvalue weighted by Gasteiger charge is 2.23. The normalized spacial score (nSPS) is 11.6.